The number of hydrogen-bond donors (Lipinski definition) is 2. The van der Waals surface area contributed by atoms with Crippen LogP contribution in [0.5, 0.6) is 5.75 Å². The van der Waals surface area contributed by atoms with Crippen LogP contribution in [0.3, 0.4) is 0 Å². The van der Waals surface area contributed by atoms with E-state index in [1.807, 2.05) is 32.9 Å². The van der Waals surface area contributed by atoms with E-state index < -0.39 is 5.54 Å². The zero-order valence-electron chi connectivity index (χ0n) is 15.6. The van der Waals surface area contributed by atoms with Crippen molar-refractivity contribution in [2.24, 2.45) is 0 Å². The molecule has 0 atom stereocenters. The SMILES string of the molecule is CCCNC(=O)C1(NC(=O)c2ccc(OCC)c(C)c2)CCCCC1. The summed E-state index contributed by atoms with van der Waals surface area (Å²) in [4.78, 5) is 25.5. The molecule has 0 spiro atoms. The summed E-state index contributed by atoms with van der Waals surface area (Å²) in [6, 6.07) is 5.40. The molecule has 0 heterocycles. The van der Waals surface area contributed by atoms with Crippen molar-refractivity contribution in [3.05, 3.63) is 29.3 Å². The Kier molecular flexibility index (Phi) is 6.85. The van der Waals surface area contributed by atoms with E-state index in [4.69, 9.17) is 4.74 Å². The topological polar surface area (TPSA) is 67.4 Å². The molecule has 5 nitrogen and oxygen atoms in total. The molecule has 138 valence electrons. The fourth-order valence-corrected chi connectivity index (χ4v) is 3.37. The molecule has 1 aromatic rings. The summed E-state index contributed by atoms with van der Waals surface area (Å²) < 4.78 is 5.53. The molecule has 0 bridgehead atoms. The Morgan fingerprint density at radius 3 is 2.48 bits per heavy atom. The molecule has 1 saturated carbocycles. The summed E-state index contributed by atoms with van der Waals surface area (Å²) >= 11 is 0. The largest absolute Gasteiger partial charge is 0.494 e. The highest BCUT2D eigenvalue weighted by molar-refractivity contribution is 5.99. The summed E-state index contributed by atoms with van der Waals surface area (Å²) in [5.41, 5.74) is 0.702. The predicted molar refractivity (Wildman–Crippen MR) is 98.9 cm³/mol. The van der Waals surface area contributed by atoms with Gasteiger partial charge in [0.1, 0.15) is 11.3 Å². The van der Waals surface area contributed by atoms with Crippen LogP contribution >= 0.6 is 0 Å². The fourth-order valence-electron chi connectivity index (χ4n) is 3.37. The van der Waals surface area contributed by atoms with E-state index in [1.54, 1.807) is 6.07 Å². The van der Waals surface area contributed by atoms with Crippen LogP contribution < -0.4 is 15.4 Å². The molecule has 1 aromatic carbocycles. The first kappa shape index (κ1) is 19.3. The molecular weight excluding hydrogens is 316 g/mol. The van der Waals surface area contributed by atoms with Crippen molar-refractivity contribution >= 4 is 11.8 Å². The lowest BCUT2D eigenvalue weighted by Crippen LogP contribution is -2.59. The average Bonchev–Trinajstić information content (AvgIpc) is 2.62. The highest BCUT2D eigenvalue weighted by Gasteiger charge is 2.40. The standard InChI is InChI=1S/C20H30N2O3/c1-4-13-21-19(24)20(11-7-6-8-12-20)22-18(23)16-9-10-17(25-5-2)15(3)14-16/h9-10,14H,4-8,11-13H2,1-3H3,(H,21,24)(H,22,23). The highest BCUT2D eigenvalue weighted by atomic mass is 16.5. The molecule has 5 heteroatoms. The molecule has 0 radical (unpaired) electrons. The lowest BCUT2D eigenvalue weighted by Gasteiger charge is -2.36. The van der Waals surface area contributed by atoms with E-state index in [2.05, 4.69) is 10.6 Å². The highest BCUT2D eigenvalue weighted by Crippen LogP contribution is 2.29. The molecule has 1 fully saturated rings. The number of aryl methyl sites for hydroxylation is 1. The van der Waals surface area contributed by atoms with Gasteiger partial charge >= 0.3 is 0 Å². The van der Waals surface area contributed by atoms with Gasteiger partial charge in [0.2, 0.25) is 5.91 Å². The maximum Gasteiger partial charge on any atom is 0.252 e. The molecule has 0 aliphatic heterocycles. The van der Waals surface area contributed by atoms with Crippen molar-refractivity contribution in [3.8, 4) is 5.75 Å². The Hall–Kier alpha value is -2.04. The van der Waals surface area contributed by atoms with Gasteiger partial charge in [-0.2, -0.15) is 0 Å². The van der Waals surface area contributed by atoms with Crippen molar-refractivity contribution in [2.45, 2.75) is 64.8 Å². The Morgan fingerprint density at radius 1 is 1.16 bits per heavy atom. The van der Waals surface area contributed by atoms with Crippen molar-refractivity contribution in [1.29, 1.82) is 0 Å². The number of benzene rings is 1. The summed E-state index contributed by atoms with van der Waals surface area (Å²) in [7, 11) is 0. The summed E-state index contributed by atoms with van der Waals surface area (Å²) in [6.07, 6.45) is 5.31. The first-order valence-electron chi connectivity index (χ1n) is 9.36. The van der Waals surface area contributed by atoms with Crippen LogP contribution in [-0.4, -0.2) is 30.5 Å². The second-order valence-corrected chi connectivity index (χ2v) is 6.77. The number of carbonyl (C=O) groups excluding carboxylic acids is 2. The summed E-state index contributed by atoms with van der Waals surface area (Å²) in [5, 5.41) is 6.01. The third-order valence-electron chi connectivity index (χ3n) is 4.77. The van der Waals surface area contributed by atoms with Gasteiger partial charge in [-0.05, 0) is 56.9 Å². The van der Waals surface area contributed by atoms with Gasteiger partial charge in [-0.25, -0.2) is 0 Å². The lowest BCUT2D eigenvalue weighted by atomic mass is 9.80. The van der Waals surface area contributed by atoms with Gasteiger partial charge in [0, 0.05) is 12.1 Å². The van der Waals surface area contributed by atoms with Crippen LogP contribution in [0.2, 0.25) is 0 Å². The van der Waals surface area contributed by atoms with Gasteiger partial charge < -0.3 is 15.4 Å². The number of carbonyl (C=O) groups is 2. The summed E-state index contributed by atoms with van der Waals surface area (Å²) in [6.45, 7) is 7.11. The third-order valence-corrected chi connectivity index (χ3v) is 4.77. The van der Waals surface area contributed by atoms with E-state index in [0.29, 0.717) is 31.6 Å². The van der Waals surface area contributed by atoms with Crippen LogP contribution in [0.1, 0.15) is 68.3 Å². The Labute approximate surface area is 150 Å². The smallest absolute Gasteiger partial charge is 0.252 e. The maximum absolute atomic E-state index is 12.8. The third kappa shape index (κ3) is 4.74. The molecule has 0 unspecified atom stereocenters. The number of amides is 2. The monoisotopic (exact) mass is 346 g/mol. The minimum Gasteiger partial charge on any atom is -0.494 e. The zero-order chi connectivity index (χ0) is 18.3. The number of rotatable bonds is 7. The number of hydrogen-bond acceptors (Lipinski definition) is 3. The van der Waals surface area contributed by atoms with Crippen molar-refractivity contribution in [3.63, 3.8) is 0 Å². The van der Waals surface area contributed by atoms with Gasteiger partial charge in [-0.3, -0.25) is 9.59 Å². The Bertz CT molecular complexity index is 607. The van der Waals surface area contributed by atoms with Gasteiger partial charge in [0.05, 0.1) is 6.61 Å². The van der Waals surface area contributed by atoms with Crippen molar-refractivity contribution in [1.82, 2.24) is 10.6 Å². The lowest BCUT2D eigenvalue weighted by molar-refractivity contribution is -0.128. The number of nitrogens with one attached hydrogen (secondary N) is 2. The van der Waals surface area contributed by atoms with E-state index in [9.17, 15) is 9.59 Å². The van der Waals surface area contributed by atoms with E-state index in [0.717, 1.165) is 37.0 Å². The van der Waals surface area contributed by atoms with Crippen LogP contribution in [-0.2, 0) is 4.79 Å². The van der Waals surface area contributed by atoms with Crippen molar-refractivity contribution in [2.75, 3.05) is 13.2 Å². The molecule has 2 N–H and O–H groups in total. The van der Waals surface area contributed by atoms with E-state index in [1.165, 1.54) is 0 Å². The Balaban J connectivity index is 2.16. The van der Waals surface area contributed by atoms with Gasteiger partial charge in [0.25, 0.3) is 5.91 Å². The first-order chi connectivity index (χ1) is 12.0. The van der Waals surface area contributed by atoms with Gasteiger partial charge in [0.15, 0.2) is 0 Å². The van der Waals surface area contributed by atoms with Crippen LogP contribution in [0.15, 0.2) is 18.2 Å². The van der Waals surface area contributed by atoms with Crippen LogP contribution in [0.4, 0.5) is 0 Å². The Morgan fingerprint density at radius 2 is 1.88 bits per heavy atom. The van der Waals surface area contributed by atoms with Crippen LogP contribution in [0, 0.1) is 6.92 Å². The molecule has 2 rings (SSSR count). The molecule has 1 aliphatic rings. The minimum atomic E-state index is -0.781. The fraction of sp³-hybridized carbons (Fsp3) is 0.600. The second kappa shape index (κ2) is 8.88. The van der Waals surface area contributed by atoms with Crippen LogP contribution in [0.25, 0.3) is 0 Å². The molecule has 1 aliphatic carbocycles. The molecule has 25 heavy (non-hydrogen) atoms. The second-order valence-electron chi connectivity index (χ2n) is 6.77. The molecule has 0 saturated heterocycles. The number of ether oxygens (including phenoxy) is 1. The molecular formula is C20H30N2O3. The normalized spacial score (nSPS) is 16.1. The predicted octanol–water partition coefficient (Wildman–Crippen LogP) is 3.35. The minimum absolute atomic E-state index is 0.0509. The van der Waals surface area contributed by atoms with E-state index in [-0.39, 0.29) is 11.8 Å². The quantitative estimate of drug-likeness (QED) is 0.795. The molecule has 2 amide bonds. The zero-order valence-corrected chi connectivity index (χ0v) is 15.6. The average molecular weight is 346 g/mol. The van der Waals surface area contributed by atoms with Crippen molar-refractivity contribution < 1.29 is 14.3 Å². The maximum atomic E-state index is 12.8. The van der Waals surface area contributed by atoms with Gasteiger partial charge in [-0.1, -0.05) is 26.2 Å². The van der Waals surface area contributed by atoms with E-state index >= 15 is 0 Å². The summed E-state index contributed by atoms with van der Waals surface area (Å²) in [5.74, 6) is 0.539. The van der Waals surface area contributed by atoms with Gasteiger partial charge in [-0.15, -0.1) is 0 Å². The molecule has 0 aromatic heterocycles. The first-order valence-corrected chi connectivity index (χ1v) is 9.36.